The van der Waals surface area contributed by atoms with Crippen LogP contribution >= 0.6 is 0 Å². The Morgan fingerprint density at radius 3 is 2.56 bits per heavy atom. The van der Waals surface area contributed by atoms with Gasteiger partial charge in [-0.25, -0.2) is 0 Å². The molecular formula is C14H24N2. The Bertz CT molecular complexity index is 334. The van der Waals surface area contributed by atoms with Gasteiger partial charge >= 0.3 is 0 Å². The van der Waals surface area contributed by atoms with Crippen molar-refractivity contribution in [3.8, 4) is 0 Å². The maximum Gasteiger partial charge on any atom is 0.0393 e. The molecule has 16 heavy (non-hydrogen) atoms. The van der Waals surface area contributed by atoms with Gasteiger partial charge in [-0.2, -0.15) is 0 Å². The average Bonchev–Trinajstić information content (AvgIpc) is 2.17. The lowest BCUT2D eigenvalue weighted by molar-refractivity contribution is 0.542. The van der Waals surface area contributed by atoms with Crippen molar-refractivity contribution in [1.29, 1.82) is 0 Å². The van der Waals surface area contributed by atoms with Crippen LogP contribution in [0.3, 0.4) is 0 Å². The van der Waals surface area contributed by atoms with Crippen LogP contribution in [0.1, 0.15) is 18.1 Å². The third-order valence-corrected chi connectivity index (χ3v) is 2.90. The summed E-state index contributed by atoms with van der Waals surface area (Å²) in [5, 5.41) is 3.22. The Balaban J connectivity index is 2.69. The summed E-state index contributed by atoms with van der Waals surface area (Å²) < 4.78 is 0. The van der Waals surface area contributed by atoms with Crippen molar-refractivity contribution in [3.05, 3.63) is 29.3 Å². The number of hydrogen-bond acceptors (Lipinski definition) is 2. The molecule has 0 fully saturated rings. The number of anilines is 1. The Labute approximate surface area is 99.7 Å². The highest BCUT2D eigenvalue weighted by Crippen LogP contribution is 2.20. The van der Waals surface area contributed by atoms with Gasteiger partial charge in [-0.1, -0.05) is 24.6 Å². The fourth-order valence-electron chi connectivity index (χ4n) is 2.21. The van der Waals surface area contributed by atoms with E-state index in [1.54, 1.807) is 0 Å². The van der Waals surface area contributed by atoms with Crippen molar-refractivity contribution in [2.45, 2.75) is 20.8 Å². The summed E-state index contributed by atoms with van der Waals surface area (Å²) in [6.07, 6.45) is 0. The maximum atomic E-state index is 3.22. The summed E-state index contributed by atoms with van der Waals surface area (Å²) in [5.41, 5.74) is 4.03. The summed E-state index contributed by atoms with van der Waals surface area (Å²) >= 11 is 0. The Morgan fingerprint density at radius 2 is 2.00 bits per heavy atom. The highest BCUT2D eigenvalue weighted by atomic mass is 15.1. The summed E-state index contributed by atoms with van der Waals surface area (Å²) in [6.45, 7) is 8.75. The van der Waals surface area contributed by atoms with Gasteiger partial charge in [0.2, 0.25) is 0 Å². The van der Waals surface area contributed by atoms with E-state index >= 15 is 0 Å². The molecule has 0 amide bonds. The van der Waals surface area contributed by atoms with Crippen LogP contribution in [0.2, 0.25) is 0 Å². The summed E-state index contributed by atoms with van der Waals surface area (Å²) in [6, 6.07) is 6.65. The number of hydrogen-bond donors (Lipinski definition) is 1. The molecule has 0 saturated heterocycles. The fourth-order valence-corrected chi connectivity index (χ4v) is 2.21. The van der Waals surface area contributed by atoms with Crippen molar-refractivity contribution in [2.75, 3.05) is 32.1 Å². The van der Waals surface area contributed by atoms with Gasteiger partial charge in [0, 0.05) is 19.3 Å². The van der Waals surface area contributed by atoms with E-state index in [9.17, 15) is 0 Å². The lowest BCUT2D eigenvalue weighted by atomic mass is 10.1. The van der Waals surface area contributed by atoms with Gasteiger partial charge in [0.1, 0.15) is 0 Å². The highest BCUT2D eigenvalue weighted by molar-refractivity contribution is 5.53. The second-order valence-electron chi connectivity index (χ2n) is 4.83. The topological polar surface area (TPSA) is 15.3 Å². The van der Waals surface area contributed by atoms with Crippen LogP contribution in [0.25, 0.3) is 0 Å². The van der Waals surface area contributed by atoms with Crippen LogP contribution in [0.5, 0.6) is 0 Å². The zero-order valence-electron chi connectivity index (χ0n) is 11.2. The lowest BCUT2D eigenvalue weighted by Crippen LogP contribution is -2.29. The Hall–Kier alpha value is -1.02. The molecule has 0 bridgehead atoms. The van der Waals surface area contributed by atoms with Crippen molar-refractivity contribution in [2.24, 2.45) is 5.92 Å². The maximum absolute atomic E-state index is 3.22. The van der Waals surface area contributed by atoms with Gasteiger partial charge in [-0.15, -0.1) is 0 Å². The van der Waals surface area contributed by atoms with Crippen molar-refractivity contribution < 1.29 is 0 Å². The van der Waals surface area contributed by atoms with E-state index in [1.807, 2.05) is 7.05 Å². The Kier molecular flexibility index (Phi) is 4.81. The lowest BCUT2D eigenvalue weighted by Gasteiger charge is -2.25. The van der Waals surface area contributed by atoms with E-state index < -0.39 is 0 Å². The smallest absolute Gasteiger partial charge is 0.0393 e. The Morgan fingerprint density at radius 1 is 1.31 bits per heavy atom. The van der Waals surface area contributed by atoms with Gasteiger partial charge < -0.3 is 10.2 Å². The standard InChI is InChI=1S/C14H24N2/c1-11-6-7-14(13(3)8-11)16(5)10-12(2)9-15-4/h6-8,12,15H,9-10H2,1-5H3. The van der Waals surface area contributed by atoms with Crippen molar-refractivity contribution in [1.82, 2.24) is 5.32 Å². The fraction of sp³-hybridized carbons (Fsp3) is 0.571. The minimum absolute atomic E-state index is 0.663. The first-order valence-corrected chi connectivity index (χ1v) is 5.97. The second-order valence-corrected chi connectivity index (χ2v) is 4.83. The van der Waals surface area contributed by atoms with Crippen LogP contribution in [0.4, 0.5) is 5.69 Å². The first-order valence-electron chi connectivity index (χ1n) is 5.97. The van der Waals surface area contributed by atoms with Gasteiger partial charge in [-0.05, 0) is 45.0 Å². The molecule has 1 rings (SSSR count). The minimum atomic E-state index is 0.663. The number of aryl methyl sites for hydroxylation is 2. The SMILES string of the molecule is CNCC(C)CN(C)c1ccc(C)cc1C. The van der Waals surface area contributed by atoms with Gasteiger partial charge in [-0.3, -0.25) is 0 Å². The molecule has 1 N–H and O–H groups in total. The zero-order chi connectivity index (χ0) is 12.1. The molecule has 2 heteroatoms. The first kappa shape index (κ1) is 13.0. The quantitative estimate of drug-likeness (QED) is 0.820. The van der Waals surface area contributed by atoms with Crippen LogP contribution < -0.4 is 10.2 Å². The summed E-state index contributed by atoms with van der Waals surface area (Å²) in [5.74, 6) is 0.663. The molecule has 0 aromatic heterocycles. The number of nitrogens with zero attached hydrogens (tertiary/aromatic N) is 1. The molecule has 90 valence electrons. The largest absolute Gasteiger partial charge is 0.374 e. The van der Waals surface area contributed by atoms with Crippen LogP contribution in [-0.4, -0.2) is 27.2 Å². The molecular weight excluding hydrogens is 196 g/mol. The number of rotatable bonds is 5. The second kappa shape index (κ2) is 5.90. The molecule has 0 aliphatic heterocycles. The third-order valence-electron chi connectivity index (χ3n) is 2.90. The van der Waals surface area contributed by atoms with Gasteiger partial charge in [0.25, 0.3) is 0 Å². The van der Waals surface area contributed by atoms with E-state index in [2.05, 4.69) is 56.2 Å². The molecule has 0 spiro atoms. The van der Waals surface area contributed by atoms with Gasteiger partial charge in [0.15, 0.2) is 0 Å². The number of nitrogens with one attached hydrogen (secondary N) is 1. The number of benzene rings is 1. The van der Waals surface area contributed by atoms with E-state index in [0.29, 0.717) is 5.92 Å². The molecule has 1 unspecified atom stereocenters. The normalized spacial score (nSPS) is 12.6. The molecule has 0 heterocycles. The predicted molar refractivity (Wildman–Crippen MR) is 72.3 cm³/mol. The van der Waals surface area contributed by atoms with Crippen molar-refractivity contribution >= 4 is 5.69 Å². The molecule has 1 aromatic rings. The molecule has 1 atom stereocenters. The average molecular weight is 220 g/mol. The third kappa shape index (κ3) is 3.53. The van der Waals surface area contributed by atoms with E-state index in [-0.39, 0.29) is 0 Å². The summed E-state index contributed by atoms with van der Waals surface area (Å²) in [7, 11) is 4.18. The van der Waals surface area contributed by atoms with Crippen molar-refractivity contribution in [3.63, 3.8) is 0 Å². The molecule has 0 radical (unpaired) electrons. The van der Waals surface area contributed by atoms with E-state index in [1.165, 1.54) is 16.8 Å². The molecule has 0 aliphatic carbocycles. The predicted octanol–water partition coefficient (Wildman–Crippen LogP) is 2.60. The van der Waals surface area contributed by atoms with E-state index in [4.69, 9.17) is 0 Å². The minimum Gasteiger partial charge on any atom is -0.374 e. The monoisotopic (exact) mass is 220 g/mol. The molecule has 0 saturated carbocycles. The summed E-state index contributed by atoms with van der Waals surface area (Å²) in [4.78, 5) is 2.34. The molecule has 1 aromatic carbocycles. The zero-order valence-corrected chi connectivity index (χ0v) is 11.2. The van der Waals surface area contributed by atoms with E-state index in [0.717, 1.165) is 13.1 Å². The van der Waals surface area contributed by atoms with Crippen LogP contribution in [0.15, 0.2) is 18.2 Å². The highest BCUT2D eigenvalue weighted by Gasteiger charge is 2.08. The molecule has 2 nitrogen and oxygen atoms in total. The molecule has 0 aliphatic rings. The van der Waals surface area contributed by atoms with Crippen LogP contribution in [0, 0.1) is 19.8 Å². The van der Waals surface area contributed by atoms with Crippen LogP contribution in [-0.2, 0) is 0 Å². The first-order chi connectivity index (χ1) is 7.54. The van der Waals surface area contributed by atoms with Gasteiger partial charge in [0.05, 0.1) is 0 Å².